The molecule has 10 heteroatoms. The van der Waals surface area contributed by atoms with Gasteiger partial charge in [0, 0.05) is 23.2 Å². The number of rotatable bonds is 4. The largest absolute Gasteiger partial charge is 0.451 e. The summed E-state index contributed by atoms with van der Waals surface area (Å²) in [5, 5.41) is 0.683. The Labute approximate surface area is 158 Å². The quantitative estimate of drug-likeness (QED) is 0.711. The van der Waals surface area contributed by atoms with Crippen LogP contribution in [-0.4, -0.2) is 56.4 Å². The van der Waals surface area contributed by atoms with Crippen molar-refractivity contribution in [2.45, 2.75) is 12.5 Å². The summed E-state index contributed by atoms with van der Waals surface area (Å²) in [6.07, 6.45) is 0.367. The van der Waals surface area contributed by atoms with Gasteiger partial charge in [0.1, 0.15) is 10.7 Å². The first-order valence-corrected chi connectivity index (χ1v) is 10.7. The highest BCUT2D eigenvalue weighted by Crippen LogP contribution is 2.36. The van der Waals surface area contributed by atoms with E-state index in [1.165, 1.54) is 30.1 Å². The van der Waals surface area contributed by atoms with Crippen molar-refractivity contribution in [1.29, 1.82) is 0 Å². The van der Waals surface area contributed by atoms with Gasteiger partial charge in [-0.15, -0.1) is 11.3 Å². The molecule has 0 spiro atoms. The van der Waals surface area contributed by atoms with E-state index >= 15 is 0 Å². The number of hydrogen-bond acceptors (Lipinski definition) is 6. The van der Waals surface area contributed by atoms with Gasteiger partial charge in [-0.05, 0) is 24.6 Å². The van der Waals surface area contributed by atoms with Crippen LogP contribution in [0.1, 0.15) is 16.1 Å². The van der Waals surface area contributed by atoms with Crippen LogP contribution in [0.25, 0.3) is 10.1 Å². The van der Waals surface area contributed by atoms with Crippen molar-refractivity contribution in [2.75, 3.05) is 25.2 Å². The van der Waals surface area contributed by atoms with Crippen LogP contribution in [0.3, 0.4) is 0 Å². The Morgan fingerprint density at radius 3 is 2.81 bits per heavy atom. The summed E-state index contributed by atoms with van der Waals surface area (Å²) >= 11 is 7.12. The standard InChI is InChI=1S/C16H15ClFNO5S2/c1-19(10-4-5-26(22,23)8-10)13(20)7-24-16(21)15-14(17)11-3-2-9(18)6-12(11)25-15/h2-3,6,10H,4-5,7-8H2,1H3. The Morgan fingerprint density at radius 1 is 1.42 bits per heavy atom. The number of esters is 1. The topological polar surface area (TPSA) is 80.8 Å². The van der Waals surface area contributed by atoms with Crippen LogP contribution >= 0.6 is 22.9 Å². The molecule has 2 aromatic rings. The number of benzene rings is 1. The maximum atomic E-state index is 13.3. The predicted octanol–water partition coefficient (Wildman–Crippen LogP) is 2.50. The number of sulfone groups is 1. The van der Waals surface area contributed by atoms with Gasteiger partial charge in [-0.1, -0.05) is 11.6 Å². The molecule has 0 saturated carbocycles. The first-order valence-electron chi connectivity index (χ1n) is 7.69. The number of likely N-dealkylation sites (N-methyl/N-ethyl adjacent to an activating group) is 1. The van der Waals surface area contributed by atoms with E-state index in [0.29, 0.717) is 16.5 Å². The number of fused-ring (bicyclic) bond motifs is 1. The van der Waals surface area contributed by atoms with Crippen molar-refractivity contribution < 1.29 is 27.1 Å². The molecule has 1 aromatic carbocycles. The molecule has 1 aromatic heterocycles. The van der Waals surface area contributed by atoms with Crippen molar-refractivity contribution >= 4 is 54.7 Å². The summed E-state index contributed by atoms with van der Waals surface area (Å²) in [6, 6.07) is 3.56. The summed E-state index contributed by atoms with van der Waals surface area (Å²) in [6.45, 7) is -0.523. The summed E-state index contributed by atoms with van der Waals surface area (Å²) in [5.74, 6) is -1.76. The maximum Gasteiger partial charge on any atom is 0.350 e. The molecule has 26 heavy (non-hydrogen) atoms. The van der Waals surface area contributed by atoms with Crippen LogP contribution in [0, 0.1) is 5.82 Å². The summed E-state index contributed by atoms with van der Waals surface area (Å²) < 4.78 is 41.8. The smallest absolute Gasteiger partial charge is 0.350 e. The molecule has 2 heterocycles. The van der Waals surface area contributed by atoms with Crippen LogP contribution in [0.15, 0.2) is 18.2 Å². The SMILES string of the molecule is CN(C(=O)COC(=O)c1sc2cc(F)ccc2c1Cl)C1CCS(=O)(=O)C1. The fraction of sp³-hybridized carbons (Fsp3) is 0.375. The van der Waals surface area contributed by atoms with Crippen LogP contribution < -0.4 is 0 Å². The third-order valence-corrected chi connectivity index (χ3v) is 7.64. The van der Waals surface area contributed by atoms with E-state index in [2.05, 4.69) is 0 Å². The summed E-state index contributed by atoms with van der Waals surface area (Å²) in [7, 11) is -1.64. The molecule has 0 N–H and O–H groups in total. The Kier molecular flexibility index (Phi) is 5.23. The summed E-state index contributed by atoms with van der Waals surface area (Å²) in [5.41, 5.74) is 0. The van der Waals surface area contributed by atoms with Gasteiger partial charge in [-0.2, -0.15) is 0 Å². The lowest BCUT2D eigenvalue weighted by Crippen LogP contribution is -2.40. The lowest BCUT2D eigenvalue weighted by atomic mass is 10.2. The number of hydrogen-bond donors (Lipinski definition) is 0. The zero-order valence-electron chi connectivity index (χ0n) is 13.7. The highest BCUT2D eigenvalue weighted by molar-refractivity contribution is 7.91. The van der Waals surface area contributed by atoms with Crippen LogP contribution in [0.5, 0.6) is 0 Å². The predicted molar refractivity (Wildman–Crippen MR) is 96.9 cm³/mol. The Morgan fingerprint density at radius 2 is 2.15 bits per heavy atom. The van der Waals surface area contributed by atoms with E-state index in [9.17, 15) is 22.4 Å². The lowest BCUT2D eigenvalue weighted by Gasteiger charge is -2.23. The fourth-order valence-corrected chi connectivity index (χ4v) is 5.95. The van der Waals surface area contributed by atoms with Crippen LogP contribution in [0.4, 0.5) is 4.39 Å². The number of amides is 1. The molecule has 6 nitrogen and oxygen atoms in total. The first kappa shape index (κ1) is 19.1. The normalized spacial score (nSPS) is 18.8. The lowest BCUT2D eigenvalue weighted by molar-refractivity contribution is -0.134. The van der Waals surface area contributed by atoms with Crippen molar-refractivity contribution in [3.8, 4) is 0 Å². The number of carbonyl (C=O) groups excluding carboxylic acids is 2. The molecular formula is C16H15ClFNO5S2. The van der Waals surface area contributed by atoms with Crippen molar-refractivity contribution in [3.63, 3.8) is 0 Å². The third-order valence-electron chi connectivity index (χ3n) is 4.25. The number of carbonyl (C=O) groups is 2. The number of thiophene rings is 1. The van der Waals surface area contributed by atoms with Crippen LogP contribution in [-0.2, 0) is 19.4 Å². The molecule has 1 atom stereocenters. The van der Waals surface area contributed by atoms with Gasteiger partial charge in [0.05, 0.1) is 16.5 Å². The number of ether oxygens (including phenoxy) is 1. The van der Waals surface area contributed by atoms with Gasteiger partial charge in [-0.3, -0.25) is 4.79 Å². The second-order valence-electron chi connectivity index (χ2n) is 6.02. The molecule has 0 aliphatic carbocycles. The molecule has 1 aliphatic heterocycles. The molecule has 0 bridgehead atoms. The fourth-order valence-electron chi connectivity index (χ4n) is 2.75. The second-order valence-corrected chi connectivity index (χ2v) is 9.68. The molecular weight excluding hydrogens is 405 g/mol. The van der Waals surface area contributed by atoms with E-state index in [-0.39, 0.29) is 21.4 Å². The maximum absolute atomic E-state index is 13.3. The Balaban J connectivity index is 1.65. The summed E-state index contributed by atoms with van der Waals surface area (Å²) in [4.78, 5) is 25.7. The Hall–Kier alpha value is -1.71. The van der Waals surface area contributed by atoms with E-state index in [0.717, 1.165) is 11.3 Å². The average molecular weight is 420 g/mol. The van der Waals surface area contributed by atoms with Gasteiger partial charge in [0.15, 0.2) is 16.4 Å². The van der Waals surface area contributed by atoms with E-state index < -0.39 is 40.2 Å². The molecule has 1 saturated heterocycles. The van der Waals surface area contributed by atoms with Crippen molar-refractivity contribution in [2.24, 2.45) is 0 Å². The zero-order valence-corrected chi connectivity index (χ0v) is 16.1. The molecule has 0 radical (unpaired) electrons. The Bertz CT molecular complexity index is 988. The monoisotopic (exact) mass is 419 g/mol. The molecule has 140 valence electrons. The van der Waals surface area contributed by atoms with E-state index in [4.69, 9.17) is 16.3 Å². The minimum atomic E-state index is -3.12. The third kappa shape index (κ3) is 3.84. The number of nitrogens with zero attached hydrogens (tertiary/aromatic N) is 1. The van der Waals surface area contributed by atoms with E-state index in [1.54, 1.807) is 0 Å². The van der Waals surface area contributed by atoms with Gasteiger partial charge >= 0.3 is 5.97 Å². The van der Waals surface area contributed by atoms with Crippen molar-refractivity contribution in [3.05, 3.63) is 33.9 Å². The van der Waals surface area contributed by atoms with Crippen LogP contribution in [0.2, 0.25) is 5.02 Å². The van der Waals surface area contributed by atoms with E-state index in [1.807, 2.05) is 0 Å². The van der Waals surface area contributed by atoms with Gasteiger partial charge < -0.3 is 9.64 Å². The minimum Gasteiger partial charge on any atom is -0.451 e. The average Bonchev–Trinajstić information content (AvgIpc) is 3.11. The molecule has 3 rings (SSSR count). The van der Waals surface area contributed by atoms with Crippen molar-refractivity contribution in [1.82, 2.24) is 4.90 Å². The second kappa shape index (κ2) is 7.13. The minimum absolute atomic E-state index is 0.0447. The zero-order chi connectivity index (χ0) is 19.1. The molecule has 1 unspecified atom stereocenters. The van der Waals surface area contributed by atoms with Gasteiger partial charge in [-0.25, -0.2) is 17.6 Å². The van der Waals surface area contributed by atoms with Gasteiger partial charge in [0.2, 0.25) is 0 Å². The highest BCUT2D eigenvalue weighted by atomic mass is 35.5. The first-order chi connectivity index (χ1) is 12.2. The van der Waals surface area contributed by atoms with Gasteiger partial charge in [0.25, 0.3) is 5.91 Å². The highest BCUT2D eigenvalue weighted by Gasteiger charge is 2.33. The molecule has 1 fully saturated rings. The molecule has 1 amide bonds. The number of halogens is 2. The molecule has 1 aliphatic rings.